The van der Waals surface area contributed by atoms with Gasteiger partial charge in [0.05, 0.1) is 0 Å². The van der Waals surface area contributed by atoms with Crippen molar-refractivity contribution in [3.8, 4) is 0 Å². The molecule has 0 spiro atoms. The monoisotopic (exact) mass is 282 g/mol. The van der Waals surface area contributed by atoms with Crippen molar-refractivity contribution in [1.29, 1.82) is 0 Å². The summed E-state index contributed by atoms with van der Waals surface area (Å²) in [5, 5.41) is 0. The molecule has 0 bridgehead atoms. The molecule has 0 radical (unpaired) electrons. The third-order valence-electron chi connectivity index (χ3n) is 3.02. The Morgan fingerprint density at radius 2 is 1.72 bits per heavy atom. The maximum absolute atomic E-state index is 11.6. The number of methoxy groups -OCH3 is 2. The van der Waals surface area contributed by atoms with Crippen LogP contribution in [0.1, 0.15) is 6.92 Å². The summed E-state index contributed by atoms with van der Waals surface area (Å²) in [6.45, 7) is 5.44. The van der Waals surface area contributed by atoms with Crippen LogP contribution in [0.5, 0.6) is 0 Å². The van der Waals surface area contributed by atoms with Gasteiger partial charge >= 0.3 is 110 Å². The average Bonchev–Trinajstić information content (AvgIpc) is 2.29. The van der Waals surface area contributed by atoms with Gasteiger partial charge in [-0.3, -0.25) is 0 Å². The normalized spacial score (nSPS) is 13.9. The van der Waals surface area contributed by atoms with Crippen LogP contribution in [0.3, 0.4) is 0 Å². The summed E-state index contributed by atoms with van der Waals surface area (Å²) in [4.78, 5) is 11.6. The van der Waals surface area contributed by atoms with E-state index in [9.17, 15) is 4.79 Å². The molecule has 0 aromatic carbocycles. The fourth-order valence-corrected chi connectivity index (χ4v) is 3.34. The number of carbonyl (C=O) groups is 1. The van der Waals surface area contributed by atoms with Gasteiger partial charge in [-0.15, -0.1) is 0 Å². The first kappa shape index (κ1) is 17.8. The number of ether oxygens (including phenoxy) is 3. The number of hydrogen-bond donors (Lipinski definition) is 0. The van der Waals surface area contributed by atoms with Crippen molar-refractivity contribution >= 4 is 12.8 Å². The van der Waals surface area contributed by atoms with Gasteiger partial charge in [-0.05, 0) is 0 Å². The van der Waals surface area contributed by atoms with Gasteiger partial charge in [-0.1, -0.05) is 0 Å². The van der Waals surface area contributed by atoms with Crippen molar-refractivity contribution in [2.75, 3.05) is 66.3 Å². The fraction of sp³-hybridized carbons (Fsp3) is 0.917. The first-order valence-corrected chi connectivity index (χ1v) is 9.57. The third-order valence-corrected chi connectivity index (χ3v) is 7.40. The quantitative estimate of drug-likeness (QED) is 0.450. The molecule has 18 heavy (non-hydrogen) atoms. The molecule has 0 atom stereocenters. The summed E-state index contributed by atoms with van der Waals surface area (Å²) in [6, 6.07) is 0. The van der Waals surface area contributed by atoms with Crippen LogP contribution in [0.4, 0.5) is 0 Å². The second-order valence-electron chi connectivity index (χ2n) is 5.10. The van der Waals surface area contributed by atoms with Crippen molar-refractivity contribution in [2.24, 2.45) is 0 Å². The Kier molecular flexibility index (Phi) is 7.95. The van der Waals surface area contributed by atoms with E-state index in [-0.39, 0.29) is 12.6 Å². The van der Waals surface area contributed by atoms with E-state index in [2.05, 4.69) is 13.3 Å². The van der Waals surface area contributed by atoms with Crippen molar-refractivity contribution in [1.82, 2.24) is 0 Å². The number of carbonyl (C=O) groups excluding carboxylic acids is 1. The molecule has 0 fully saturated rings. The molecule has 0 unspecified atom stereocenters. The Labute approximate surface area is 110 Å². The second-order valence-corrected chi connectivity index (χ2v) is 11.5. The van der Waals surface area contributed by atoms with Gasteiger partial charge in [0.1, 0.15) is 0 Å². The molecule has 110 valence electrons. The van der Waals surface area contributed by atoms with Crippen LogP contribution in [-0.4, -0.2) is 72.3 Å². The Morgan fingerprint density at radius 1 is 1.06 bits per heavy atom. The van der Waals surface area contributed by atoms with Gasteiger partial charge in [0.15, 0.2) is 0 Å². The Balaban J connectivity index is 4.23. The molecule has 0 heterocycles. The Hall–Kier alpha value is -0.220. The summed E-state index contributed by atoms with van der Waals surface area (Å²) in [7, 11) is 3.13. The summed E-state index contributed by atoms with van der Waals surface area (Å²) in [5.74, 6) is -0.293. The SMILES string of the molecule is CCP(C)(C)(CCOCCOC)OC(=O)COC. The van der Waals surface area contributed by atoms with Gasteiger partial charge in [-0.25, -0.2) is 0 Å². The second kappa shape index (κ2) is 8.05. The predicted octanol–water partition coefficient (Wildman–Crippen LogP) is 1.59. The zero-order valence-corrected chi connectivity index (χ0v) is 13.1. The molecule has 0 aromatic heterocycles. The molecule has 0 aliphatic carbocycles. The summed E-state index contributed by atoms with van der Waals surface area (Å²) in [5.41, 5.74) is 0. The molecule has 0 saturated carbocycles. The zero-order chi connectivity index (χ0) is 14.1. The molecule has 0 aliphatic rings. The Bertz CT molecular complexity index is 255. The van der Waals surface area contributed by atoms with Crippen molar-refractivity contribution in [2.45, 2.75) is 6.92 Å². The van der Waals surface area contributed by atoms with Crippen LogP contribution in [0.25, 0.3) is 0 Å². The van der Waals surface area contributed by atoms with E-state index < -0.39 is 6.83 Å². The van der Waals surface area contributed by atoms with E-state index in [0.29, 0.717) is 19.8 Å². The van der Waals surface area contributed by atoms with E-state index in [1.165, 1.54) is 7.11 Å². The number of rotatable bonds is 10. The minimum absolute atomic E-state index is 0.00408. The molecule has 0 aliphatic heterocycles. The van der Waals surface area contributed by atoms with Crippen molar-refractivity contribution in [3.63, 3.8) is 0 Å². The molecule has 0 saturated heterocycles. The van der Waals surface area contributed by atoms with Gasteiger partial charge in [0.2, 0.25) is 0 Å². The molecule has 5 nitrogen and oxygen atoms in total. The van der Waals surface area contributed by atoms with Gasteiger partial charge < -0.3 is 0 Å². The standard InChI is InChI=1S/C12H27O5P/c1-6-18(4,5,17-12(13)11-15-3)10-9-16-8-7-14-2/h6-11H2,1-5H3. The van der Waals surface area contributed by atoms with Crippen molar-refractivity contribution < 1.29 is 23.5 Å². The zero-order valence-electron chi connectivity index (χ0n) is 12.2. The van der Waals surface area contributed by atoms with Gasteiger partial charge in [0.25, 0.3) is 0 Å². The summed E-state index contributed by atoms with van der Waals surface area (Å²) in [6.07, 6.45) is 1.61. The van der Waals surface area contributed by atoms with Crippen LogP contribution in [0.2, 0.25) is 0 Å². The average molecular weight is 282 g/mol. The summed E-state index contributed by atoms with van der Waals surface area (Å²) < 4.78 is 20.8. The fourth-order valence-electron chi connectivity index (χ4n) is 1.35. The third kappa shape index (κ3) is 7.27. The molecule has 0 amide bonds. The van der Waals surface area contributed by atoms with Crippen LogP contribution in [0, 0.1) is 0 Å². The summed E-state index contributed by atoms with van der Waals surface area (Å²) >= 11 is 0. The van der Waals surface area contributed by atoms with E-state index in [0.717, 1.165) is 12.3 Å². The van der Waals surface area contributed by atoms with Gasteiger partial charge in [-0.2, -0.15) is 0 Å². The van der Waals surface area contributed by atoms with Crippen molar-refractivity contribution in [3.05, 3.63) is 0 Å². The molecular formula is C12H27O5P. The van der Waals surface area contributed by atoms with Gasteiger partial charge in [0, 0.05) is 0 Å². The van der Waals surface area contributed by atoms with E-state index >= 15 is 0 Å². The maximum atomic E-state index is 11.6. The van der Waals surface area contributed by atoms with Crippen LogP contribution >= 0.6 is 6.83 Å². The Morgan fingerprint density at radius 3 is 2.22 bits per heavy atom. The van der Waals surface area contributed by atoms with Crippen LogP contribution in [0.15, 0.2) is 0 Å². The van der Waals surface area contributed by atoms with Crippen LogP contribution in [-0.2, 0) is 23.5 Å². The first-order valence-electron chi connectivity index (χ1n) is 6.15. The molecule has 0 aromatic rings. The topological polar surface area (TPSA) is 54.0 Å². The van der Waals surface area contributed by atoms with Crippen LogP contribution < -0.4 is 0 Å². The van der Waals surface area contributed by atoms with E-state index in [1.807, 2.05) is 6.92 Å². The predicted molar refractivity (Wildman–Crippen MR) is 74.8 cm³/mol. The minimum atomic E-state index is -2.45. The number of hydrogen-bond acceptors (Lipinski definition) is 5. The molecular weight excluding hydrogens is 255 g/mol. The molecule has 0 rings (SSSR count). The molecule has 0 N–H and O–H groups in total. The molecule has 6 heteroatoms. The van der Waals surface area contributed by atoms with E-state index in [1.54, 1.807) is 7.11 Å². The van der Waals surface area contributed by atoms with E-state index in [4.69, 9.17) is 18.7 Å². The first-order chi connectivity index (χ1) is 8.36.